The molecular formula is C23H32N3PS. The predicted molar refractivity (Wildman–Crippen MR) is 132 cm³/mol. The maximum absolute atomic E-state index is 5.53. The second-order valence-electron chi connectivity index (χ2n) is 7.50. The van der Waals surface area contributed by atoms with Crippen molar-refractivity contribution < 1.29 is 0 Å². The molecule has 3 nitrogen and oxygen atoms in total. The van der Waals surface area contributed by atoms with Crippen LogP contribution in [0.5, 0.6) is 0 Å². The molecule has 0 fully saturated rings. The van der Waals surface area contributed by atoms with Crippen LogP contribution in [-0.4, -0.2) is 24.3 Å². The number of hydrogen-bond acceptors (Lipinski definition) is 3. The Balaban J connectivity index is 2.05. The van der Waals surface area contributed by atoms with Crippen LogP contribution < -0.4 is 15.6 Å². The number of benzene rings is 2. The smallest absolute Gasteiger partial charge is 0.100 e. The van der Waals surface area contributed by atoms with Crippen LogP contribution in [0.1, 0.15) is 56.7 Å². The highest BCUT2D eigenvalue weighted by molar-refractivity contribution is 7.80. The molecule has 150 valence electrons. The van der Waals surface area contributed by atoms with Crippen LogP contribution in [0, 0.1) is 0 Å². The van der Waals surface area contributed by atoms with Crippen molar-refractivity contribution in [1.29, 1.82) is 0 Å². The number of thiocarbonyl (C=S) groups is 1. The molecule has 5 heteroatoms. The molecule has 0 bridgehead atoms. The van der Waals surface area contributed by atoms with Crippen molar-refractivity contribution in [2.24, 2.45) is 5.10 Å². The van der Waals surface area contributed by atoms with Crippen molar-refractivity contribution >= 4 is 43.1 Å². The van der Waals surface area contributed by atoms with Gasteiger partial charge in [-0.2, -0.15) is 5.10 Å². The minimum absolute atomic E-state index is 0.501. The summed E-state index contributed by atoms with van der Waals surface area (Å²) in [6.45, 7) is 9.64. The number of nitrogens with zero attached hydrogens (tertiary/aromatic N) is 2. The summed E-state index contributed by atoms with van der Waals surface area (Å²) in [5, 5.41) is 5.71. The average molecular weight is 414 g/mol. The third-order valence-electron chi connectivity index (χ3n) is 4.75. The van der Waals surface area contributed by atoms with Gasteiger partial charge in [0, 0.05) is 25.7 Å². The Kier molecular flexibility index (Phi) is 8.59. The molecule has 2 aromatic rings. The van der Waals surface area contributed by atoms with E-state index in [0.29, 0.717) is 12.3 Å². The van der Waals surface area contributed by atoms with E-state index >= 15 is 0 Å². The largest absolute Gasteiger partial charge is 0.374 e. The zero-order valence-electron chi connectivity index (χ0n) is 17.6. The summed E-state index contributed by atoms with van der Waals surface area (Å²) in [5.74, 6) is 0.501. The first kappa shape index (κ1) is 22.5. The average Bonchev–Trinajstić information content (AvgIpc) is 2.67. The third kappa shape index (κ3) is 6.39. The summed E-state index contributed by atoms with van der Waals surface area (Å²) < 4.78 is 0. The van der Waals surface area contributed by atoms with Gasteiger partial charge < -0.3 is 4.90 Å². The number of hydrogen-bond donors (Lipinski definition) is 1. The fraction of sp³-hybridized carbons (Fsp3) is 0.391. The maximum Gasteiger partial charge on any atom is 0.100 e. The first-order chi connectivity index (χ1) is 13.3. The molecule has 0 aliphatic heterocycles. The van der Waals surface area contributed by atoms with E-state index in [0.717, 1.165) is 29.2 Å². The van der Waals surface area contributed by atoms with E-state index < -0.39 is 0 Å². The van der Waals surface area contributed by atoms with Gasteiger partial charge in [-0.1, -0.05) is 63.3 Å². The van der Waals surface area contributed by atoms with Crippen LogP contribution >= 0.6 is 21.5 Å². The molecule has 0 aliphatic carbocycles. The van der Waals surface area contributed by atoms with Gasteiger partial charge in [0.15, 0.2) is 0 Å². The van der Waals surface area contributed by atoms with Crippen LogP contribution in [0.15, 0.2) is 47.6 Å². The van der Waals surface area contributed by atoms with Gasteiger partial charge in [-0.25, -0.2) is 0 Å². The Labute approximate surface area is 177 Å². The zero-order chi connectivity index (χ0) is 20.7. The van der Waals surface area contributed by atoms with Crippen molar-refractivity contribution in [3.05, 3.63) is 59.2 Å². The maximum atomic E-state index is 5.53. The summed E-state index contributed by atoms with van der Waals surface area (Å²) in [5.41, 5.74) is 8.87. The molecule has 2 rings (SSSR count). The molecule has 0 saturated heterocycles. The Bertz CT molecular complexity index is 845. The third-order valence-corrected chi connectivity index (χ3v) is 5.47. The molecule has 0 saturated carbocycles. The van der Waals surface area contributed by atoms with E-state index in [9.17, 15) is 0 Å². The van der Waals surface area contributed by atoms with Gasteiger partial charge in [0.1, 0.15) is 4.99 Å². The summed E-state index contributed by atoms with van der Waals surface area (Å²) in [7, 11) is 4.95. The van der Waals surface area contributed by atoms with Crippen LogP contribution in [0.3, 0.4) is 0 Å². The highest BCUT2D eigenvalue weighted by Crippen LogP contribution is 2.17. The molecule has 0 aromatic heterocycles. The predicted octanol–water partition coefficient (Wildman–Crippen LogP) is 5.04. The van der Waals surface area contributed by atoms with Gasteiger partial charge in [-0.15, -0.1) is 9.24 Å². The molecule has 1 atom stereocenters. The molecule has 28 heavy (non-hydrogen) atoms. The summed E-state index contributed by atoms with van der Waals surface area (Å²) in [6, 6.07) is 15.0. The lowest BCUT2D eigenvalue weighted by Gasteiger charge is -2.21. The molecular weight excluding hydrogens is 381 g/mol. The fourth-order valence-electron chi connectivity index (χ4n) is 3.04. The molecule has 1 N–H and O–H groups in total. The van der Waals surface area contributed by atoms with Crippen molar-refractivity contribution in [2.75, 3.05) is 18.5 Å². The van der Waals surface area contributed by atoms with Crippen LogP contribution in [-0.2, 0) is 6.42 Å². The van der Waals surface area contributed by atoms with Crippen molar-refractivity contribution in [1.82, 2.24) is 5.43 Å². The van der Waals surface area contributed by atoms with Gasteiger partial charge in [-0.05, 0) is 53.4 Å². The van der Waals surface area contributed by atoms with Gasteiger partial charge in [0.2, 0.25) is 0 Å². The normalized spacial score (nSPS) is 11.6. The number of hydrazone groups is 1. The van der Waals surface area contributed by atoms with Gasteiger partial charge >= 0.3 is 0 Å². The lowest BCUT2D eigenvalue weighted by molar-refractivity contribution is 0.854. The van der Waals surface area contributed by atoms with Crippen molar-refractivity contribution in [3.8, 4) is 0 Å². The van der Waals surface area contributed by atoms with E-state index in [4.69, 9.17) is 12.2 Å². The summed E-state index contributed by atoms with van der Waals surface area (Å²) >= 11 is 5.53. The second-order valence-corrected chi connectivity index (χ2v) is 8.62. The standard InChI is InChI=1S/C23H32N3PS/c1-6-12-26(5)21-13-18(10-11-22(21)27)14-23(28)25-24-17(4)20-9-7-8-19(15-20)16(2)3/h7-11,13,15-16H,6,12,14,27H2,1-5H3,(H,25,28)/b24-17+. The molecule has 0 aliphatic rings. The van der Waals surface area contributed by atoms with E-state index in [2.05, 4.69) is 95.0 Å². The van der Waals surface area contributed by atoms with Gasteiger partial charge in [-0.3, -0.25) is 5.43 Å². The zero-order valence-corrected chi connectivity index (χ0v) is 19.6. The molecule has 1 unspecified atom stereocenters. The highest BCUT2D eigenvalue weighted by Gasteiger charge is 2.08. The minimum Gasteiger partial charge on any atom is -0.374 e. The quantitative estimate of drug-likeness (QED) is 0.284. The summed E-state index contributed by atoms with van der Waals surface area (Å²) in [6.07, 6.45) is 1.80. The first-order valence-corrected chi connectivity index (χ1v) is 10.8. The SMILES string of the molecule is CCCN(C)c1cc(CC(=S)N/N=C(\C)c2cccc(C(C)C)c2)ccc1P. The molecule has 0 spiro atoms. The monoisotopic (exact) mass is 413 g/mol. The Morgan fingerprint density at radius 3 is 2.64 bits per heavy atom. The first-order valence-electron chi connectivity index (χ1n) is 9.84. The number of anilines is 1. The Hall–Kier alpha value is -1.77. The van der Waals surface area contributed by atoms with Crippen molar-refractivity contribution in [3.63, 3.8) is 0 Å². The van der Waals surface area contributed by atoms with E-state index in [1.807, 2.05) is 6.92 Å². The topological polar surface area (TPSA) is 27.6 Å². The minimum atomic E-state index is 0.501. The highest BCUT2D eigenvalue weighted by atomic mass is 32.1. The second kappa shape index (κ2) is 10.7. The van der Waals surface area contributed by atoms with E-state index in [-0.39, 0.29) is 0 Å². The lowest BCUT2D eigenvalue weighted by atomic mass is 9.99. The fourth-order valence-corrected chi connectivity index (χ4v) is 3.66. The van der Waals surface area contributed by atoms with E-state index in [1.54, 1.807) is 0 Å². The lowest BCUT2D eigenvalue weighted by Crippen LogP contribution is -2.23. The molecule has 0 heterocycles. The number of rotatable bonds is 8. The summed E-state index contributed by atoms with van der Waals surface area (Å²) in [4.78, 5) is 3.01. The van der Waals surface area contributed by atoms with E-state index in [1.165, 1.54) is 22.1 Å². The van der Waals surface area contributed by atoms with Gasteiger partial charge in [0.25, 0.3) is 0 Å². The van der Waals surface area contributed by atoms with Crippen molar-refractivity contribution in [2.45, 2.75) is 46.5 Å². The Morgan fingerprint density at radius 2 is 1.96 bits per heavy atom. The van der Waals surface area contributed by atoms with Crippen LogP contribution in [0.25, 0.3) is 0 Å². The van der Waals surface area contributed by atoms with Gasteiger partial charge in [0.05, 0.1) is 5.71 Å². The molecule has 0 radical (unpaired) electrons. The van der Waals surface area contributed by atoms with Crippen LogP contribution in [0.4, 0.5) is 5.69 Å². The van der Waals surface area contributed by atoms with Crippen LogP contribution in [0.2, 0.25) is 0 Å². The number of nitrogens with one attached hydrogen (secondary N) is 1. The molecule has 0 amide bonds. The Morgan fingerprint density at radius 1 is 1.21 bits per heavy atom. The molecule has 2 aromatic carbocycles.